The SMILES string of the molecule is COc1ccc([C@H]2CN(C(=O)C3(c4ccc(F)cc4)CC3)C[C@@H]2N)cc1. The molecule has 2 N–H and O–H groups in total. The lowest BCUT2D eigenvalue weighted by Gasteiger charge is -2.23. The minimum absolute atomic E-state index is 0.0867. The summed E-state index contributed by atoms with van der Waals surface area (Å²) in [4.78, 5) is 15.1. The molecule has 0 aromatic heterocycles. The molecule has 2 fully saturated rings. The molecule has 136 valence electrons. The predicted octanol–water partition coefficient (Wildman–Crippen LogP) is 2.82. The number of carbonyl (C=O) groups is 1. The molecule has 1 aliphatic heterocycles. The van der Waals surface area contributed by atoms with E-state index in [0.717, 1.165) is 29.7 Å². The molecule has 26 heavy (non-hydrogen) atoms. The summed E-state index contributed by atoms with van der Waals surface area (Å²) < 4.78 is 18.4. The molecular formula is C21H23FN2O2. The zero-order valence-electron chi connectivity index (χ0n) is 14.8. The highest BCUT2D eigenvalue weighted by Crippen LogP contribution is 2.50. The Morgan fingerprint density at radius 2 is 1.77 bits per heavy atom. The van der Waals surface area contributed by atoms with E-state index in [2.05, 4.69) is 0 Å². The average Bonchev–Trinajstić information content (AvgIpc) is 3.38. The highest BCUT2D eigenvalue weighted by atomic mass is 19.1. The van der Waals surface area contributed by atoms with Gasteiger partial charge in [0.25, 0.3) is 0 Å². The predicted molar refractivity (Wildman–Crippen MR) is 97.6 cm³/mol. The van der Waals surface area contributed by atoms with E-state index in [9.17, 15) is 9.18 Å². The summed E-state index contributed by atoms with van der Waals surface area (Å²) in [5.74, 6) is 0.769. The zero-order chi connectivity index (χ0) is 18.3. The number of amides is 1. The zero-order valence-corrected chi connectivity index (χ0v) is 14.8. The van der Waals surface area contributed by atoms with Crippen LogP contribution in [0, 0.1) is 5.82 Å². The molecule has 2 aromatic carbocycles. The molecule has 2 atom stereocenters. The minimum Gasteiger partial charge on any atom is -0.497 e. The molecule has 0 radical (unpaired) electrons. The Kier molecular flexibility index (Phi) is 4.19. The van der Waals surface area contributed by atoms with E-state index in [-0.39, 0.29) is 23.7 Å². The number of ether oxygens (including phenoxy) is 1. The monoisotopic (exact) mass is 354 g/mol. The van der Waals surface area contributed by atoms with E-state index in [0.29, 0.717) is 13.1 Å². The van der Waals surface area contributed by atoms with Gasteiger partial charge in [0.2, 0.25) is 5.91 Å². The third-order valence-electron chi connectivity index (χ3n) is 5.75. The maximum absolute atomic E-state index is 13.2. The normalized spacial score (nSPS) is 23.7. The van der Waals surface area contributed by atoms with Crippen LogP contribution in [-0.2, 0) is 10.2 Å². The van der Waals surface area contributed by atoms with Crippen molar-refractivity contribution in [2.75, 3.05) is 20.2 Å². The number of rotatable bonds is 4. The summed E-state index contributed by atoms with van der Waals surface area (Å²) in [7, 11) is 1.64. The van der Waals surface area contributed by atoms with Crippen LogP contribution in [0.15, 0.2) is 48.5 Å². The van der Waals surface area contributed by atoms with Gasteiger partial charge in [0.15, 0.2) is 0 Å². The van der Waals surface area contributed by atoms with Crippen LogP contribution < -0.4 is 10.5 Å². The lowest BCUT2D eigenvalue weighted by molar-refractivity contribution is -0.133. The van der Waals surface area contributed by atoms with E-state index in [1.807, 2.05) is 29.2 Å². The number of halogens is 1. The molecule has 1 amide bonds. The smallest absolute Gasteiger partial charge is 0.233 e. The molecule has 4 nitrogen and oxygen atoms in total. The molecule has 2 aliphatic rings. The van der Waals surface area contributed by atoms with Crippen molar-refractivity contribution in [3.8, 4) is 5.75 Å². The first-order valence-corrected chi connectivity index (χ1v) is 8.98. The van der Waals surface area contributed by atoms with Crippen molar-refractivity contribution >= 4 is 5.91 Å². The second-order valence-corrected chi connectivity index (χ2v) is 7.34. The van der Waals surface area contributed by atoms with Crippen LogP contribution in [0.1, 0.15) is 29.9 Å². The molecular weight excluding hydrogens is 331 g/mol. The molecule has 1 aliphatic carbocycles. The summed E-state index contributed by atoms with van der Waals surface area (Å²) >= 11 is 0. The second-order valence-electron chi connectivity index (χ2n) is 7.34. The van der Waals surface area contributed by atoms with Crippen LogP contribution in [0.25, 0.3) is 0 Å². The Bertz CT molecular complexity index is 800. The summed E-state index contributed by atoms with van der Waals surface area (Å²) in [6.45, 7) is 1.17. The van der Waals surface area contributed by atoms with E-state index in [1.165, 1.54) is 12.1 Å². The number of benzene rings is 2. The number of nitrogens with zero attached hydrogens (tertiary/aromatic N) is 1. The summed E-state index contributed by atoms with van der Waals surface area (Å²) in [6.07, 6.45) is 1.63. The Morgan fingerprint density at radius 1 is 1.12 bits per heavy atom. The number of methoxy groups -OCH3 is 1. The minimum atomic E-state index is -0.484. The first-order chi connectivity index (χ1) is 12.5. The fourth-order valence-corrected chi connectivity index (χ4v) is 4.02. The van der Waals surface area contributed by atoms with Crippen molar-refractivity contribution < 1.29 is 13.9 Å². The first-order valence-electron chi connectivity index (χ1n) is 8.98. The van der Waals surface area contributed by atoms with Gasteiger partial charge in [-0.3, -0.25) is 4.79 Å². The van der Waals surface area contributed by atoms with Gasteiger partial charge in [-0.15, -0.1) is 0 Å². The van der Waals surface area contributed by atoms with Crippen molar-refractivity contribution in [3.63, 3.8) is 0 Å². The van der Waals surface area contributed by atoms with Gasteiger partial charge in [-0.05, 0) is 48.2 Å². The summed E-state index contributed by atoms with van der Waals surface area (Å²) in [6, 6.07) is 14.1. The van der Waals surface area contributed by atoms with Gasteiger partial charge in [0, 0.05) is 25.0 Å². The first kappa shape index (κ1) is 17.0. The van der Waals surface area contributed by atoms with Gasteiger partial charge < -0.3 is 15.4 Å². The molecule has 2 aromatic rings. The standard InChI is InChI=1S/C21H23FN2O2/c1-26-17-8-2-14(3-9-17)18-12-24(13-19(18)23)20(25)21(10-11-21)15-4-6-16(22)7-5-15/h2-9,18-19H,10-13,23H2,1H3/t18-,19+/m1/s1. The van der Waals surface area contributed by atoms with Gasteiger partial charge >= 0.3 is 0 Å². The molecule has 1 saturated carbocycles. The summed E-state index contributed by atoms with van der Waals surface area (Å²) in [5.41, 5.74) is 7.91. The molecule has 0 bridgehead atoms. The van der Waals surface area contributed by atoms with Crippen LogP contribution in [0.4, 0.5) is 4.39 Å². The van der Waals surface area contributed by atoms with Crippen LogP contribution in [0.3, 0.4) is 0 Å². The van der Waals surface area contributed by atoms with E-state index < -0.39 is 5.41 Å². The van der Waals surface area contributed by atoms with Gasteiger partial charge in [-0.25, -0.2) is 4.39 Å². The lowest BCUT2D eigenvalue weighted by Crippen LogP contribution is -2.39. The molecule has 5 heteroatoms. The van der Waals surface area contributed by atoms with Crippen molar-refractivity contribution in [2.45, 2.75) is 30.2 Å². The maximum Gasteiger partial charge on any atom is 0.233 e. The molecule has 0 spiro atoms. The maximum atomic E-state index is 13.2. The lowest BCUT2D eigenvalue weighted by atomic mass is 9.94. The van der Waals surface area contributed by atoms with Crippen LogP contribution in [-0.4, -0.2) is 37.0 Å². The highest BCUT2D eigenvalue weighted by molar-refractivity contribution is 5.91. The number of hydrogen-bond acceptors (Lipinski definition) is 3. The number of carbonyl (C=O) groups excluding carboxylic acids is 1. The van der Waals surface area contributed by atoms with Crippen molar-refractivity contribution in [1.82, 2.24) is 4.90 Å². The van der Waals surface area contributed by atoms with Crippen molar-refractivity contribution in [2.24, 2.45) is 5.73 Å². The quantitative estimate of drug-likeness (QED) is 0.919. The molecule has 1 heterocycles. The largest absolute Gasteiger partial charge is 0.497 e. The van der Waals surface area contributed by atoms with Crippen LogP contribution >= 0.6 is 0 Å². The third kappa shape index (κ3) is 2.86. The number of nitrogens with two attached hydrogens (primary N) is 1. The van der Waals surface area contributed by atoms with Crippen LogP contribution in [0.5, 0.6) is 5.75 Å². The van der Waals surface area contributed by atoms with E-state index >= 15 is 0 Å². The topological polar surface area (TPSA) is 55.6 Å². The molecule has 0 unspecified atom stereocenters. The fourth-order valence-electron chi connectivity index (χ4n) is 4.02. The van der Waals surface area contributed by atoms with Gasteiger partial charge in [0.05, 0.1) is 12.5 Å². The highest BCUT2D eigenvalue weighted by Gasteiger charge is 2.54. The average molecular weight is 354 g/mol. The Balaban J connectivity index is 1.52. The Morgan fingerprint density at radius 3 is 2.35 bits per heavy atom. The summed E-state index contributed by atoms with van der Waals surface area (Å²) in [5, 5.41) is 0. The van der Waals surface area contributed by atoms with Crippen LogP contribution in [0.2, 0.25) is 0 Å². The van der Waals surface area contributed by atoms with Crippen molar-refractivity contribution in [3.05, 3.63) is 65.5 Å². The molecule has 1 saturated heterocycles. The van der Waals surface area contributed by atoms with Gasteiger partial charge in [-0.1, -0.05) is 24.3 Å². The van der Waals surface area contributed by atoms with E-state index in [1.54, 1.807) is 19.2 Å². The Labute approximate surface area is 152 Å². The number of hydrogen-bond donors (Lipinski definition) is 1. The molecule has 4 rings (SSSR count). The third-order valence-corrected chi connectivity index (χ3v) is 5.75. The second kappa shape index (κ2) is 6.40. The number of likely N-dealkylation sites (tertiary alicyclic amines) is 1. The van der Waals surface area contributed by atoms with Gasteiger partial charge in [-0.2, -0.15) is 0 Å². The Hall–Kier alpha value is -2.40. The fraction of sp³-hybridized carbons (Fsp3) is 0.381. The van der Waals surface area contributed by atoms with Crippen molar-refractivity contribution in [1.29, 1.82) is 0 Å². The van der Waals surface area contributed by atoms with E-state index in [4.69, 9.17) is 10.5 Å². The van der Waals surface area contributed by atoms with Gasteiger partial charge in [0.1, 0.15) is 11.6 Å².